The summed E-state index contributed by atoms with van der Waals surface area (Å²) >= 11 is 0. The molecular weight excluding hydrogens is 356 g/mol. The second-order valence-corrected chi connectivity index (χ2v) is 6.33. The molecule has 1 aliphatic heterocycles. The molecule has 0 atom stereocenters. The number of halogens is 2. The van der Waals surface area contributed by atoms with E-state index < -0.39 is 6.61 Å². The second-order valence-electron chi connectivity index (χ2n) is 6.33. The van der Waals surface area contributed by atoms with E-state index in [4.69, 9.17) is 9.47 Å². The first-order valence-electron chi connectivity index (χ1n) is 9.22. The number of aliphatic imine (C=N–C) groups is 1. The highest BCUT2D eigenvalue weighted by Crippen LogP contribution is 2.17. The van der Waals surface area contributed by atoms with E-state index in [0.29, 0.717) is 6.54 Å². The minimum Gasteiger partial charge on any atom is -0.435 e. The Labute approximate surface area is 159 Å². The first-order chi connectivity index (χ1) is 13.1. The van der Waals surface area contributed by atoms with Crippen LogP contribution in [0.4, 0.5) is 8.78 Å². The van der Waals surface area contributed by atoms with E-state index in [1.165, 1.54) is 6.07 Å². The lowest BCUT2D eigenvalue weighted by Gasteiger charge is -2.34. The fourth-order valence-electron chi connectivity index (χ4n) is 3.03. The maximum absolute atomic E-state index is 12.3. The molecule has 0 unspecified atom stereocenters. The lowest BCUT2D eigenvalue weighted by atomic mass is 10.1. The number of ether oxygens (including phenoxy) is 3. The van der Waals surface area contributed by atoms with Crippen LogP contribution in [-0.2, 0) is 16.0 Å². The molecule has 0 aromatic heterocycles. The molecule has 0 amide bonds. The zero-order chi connectivity index (χ0) is 19.5. The Morgan fingerprint density at radius 2 is 2.07 bits per heavy atom. The standard InChI is InChI=1S/C19H29F2N3O3/c1-22-19(23-14-15-5-3-6-17(13-15)27-18(20)21)24-9-7-16(8-10-24)26-12-4-11-25-2/h3,5-6,13,16,18H,4,7-12,14H2,1-2H3,(H,22,23). The summed E-state index contributed by atoms with van der Waals surface area (Å²) in [4.78, 5) is 6.52. The van der Waals surface area contributed by atoms with Crippen molar-refractivity contribution < 1.29 is 23.0 Å². The van der Waals surface area contributed by atoms with Gasteiger partial charge in [0.15, 0.2) is 5.96 Å². The van der Waals surface area contributed by atoms with E-state index in [0.717, 1.165) is 57.1 Å². The Morgan fingerprint density at radius 3 is 2.74 bits per heavy atom. The van der Waals surface area contributed by atoms with Gasteiger partial charge in [-0.3, -0.25) is 4.99 Å². The number of hydrogen-bond acceptors (Lipinski definition) is 4. The van der Waals surface area contributed by atoms with Crippen LogP contribution in [0, 0.1) is 0 Å². The number of nitrogens with one attached hydrogen (secondary N) is 1. The highest BCUT2D eigenvalue weighted by Gasteiger charge is 2.21. The summed E-state index contributed by atoms with van der Waals surface area (Å²) in [5.74, 6) is 0.957. The van der Waals surface area contributed by atoms with Crippen molar-refractivity contribution in [2.45, 2.75) is 38.5 Å². The van der Waals surface area contributed by atoms with Crippen LogP contribution in [0.15, 0.2) is 29.3 Å². The number of guanidine groups is 1. The van der Waals surface area contributed by atoms with Gasteiger partial charge in [0.05, 0.1) is 6.10 Å². The summed E-state index contributed by atoms with van der Waals surface area (Å²) < 4.78 is 40.0. The third-order valence-electron chi connectivity index (χ3n) is 4.37. The molecule has 0 spiro atoms. The van der Waals surface area contributed by atoms with Gasteiger partial charge < -0.3 is 24.4 Å². The molecule has 1 aliphatic rings. The zero-order valence-electron chi connectivity index (χ0n) is 16.0. The molecule has 6 nitrogen and oxygen atoms in total. The molecule has 0 bridgehead atoms. The number of alkyl halides is 2. The number of likely N-dealkylation sites (tertiary alicyclic amines) is 1. The van der Waals surface area contributed by atoms with Gasteiger partial charge in [0.2, 0.25) is 0 Å². The fraction of sp³-hybridized carbons (Fsp3) is 0.632. The van der Waals surface area contributed by atoms with Crippen LogP contribution in [0.1, 0.15) is 24.8 Å². The van der Waals surface area contributed by atoms with Crippen molar-refractivity contribution in [3.8, 4) is 5.75 Å². The summed E-state index contributed by atoms with van der Waals surface area (Å²) in [5.41, 5.74) is 0.852. The van der Waals surface area contributed by atoms with Crippen LogP contribution in [0.5, 0.6) is 5.75 Å². The predicted molar refractivity (Wildman–Crippen MR) is 100 cm³/mol. The SMILES string of the molecule is CN=C(NCc1cccc(OC(F)F)c1)N1CCC(OCCCOC)CC1. The number of rotatable bonds is 9. The second kappa shape index (κ2) is 11.7. The Balaban J connectivity index is 1.76. The molecule has 27 heavy (non-hydrogen) atoms. The summed E-state index contributed by atoms with van der Waals surface area (Å²) in [7, 11) is 3.44. The monoisotopic (exact) mass is 385 g/mol. The van der Waals surface area contributed by atoms with Crippen molar-refractivity contribution in [3.05, 3.63) is 29.8 Å². The number of benzene rings is 1. The molecule has 0 aliphatic carbocycles. The molecule has 1 aromatic rings. The molecule has 1 N–H and O–H groups in total. The van der Waals surface area contributed by atoms with Gasteiger partial charge in [-0.15, -0.1) is 0 Å². The minimum absolute atomic E-state index is 0.158. The quantitative estimate of drug-likeness (QED) is 0.402. The molecule has 8 heteroatoms. The largest absolute Gasteiger partial charge is 0.435 e. The normalized spacial score (nSPS) is 16.0. The maximum atomic E-state index is 12.3. The minimum atomic E-state index is -2.82. The predicted octanol–water partition coefficient (Wildman–Crippen LogP) is 2.88. The van der Waals surface area contributed by atoms with E-state index in [2.05, 4.69) is 19.9 Å². The number of methoxy groups -OCH3 is 1. The number of hydrogen-bond donors (Lipinski definition) is 1. The molecular formula is C19H29F2N3O3. The lowest BCUT2D eigenvalue weighted by molar-refractivity contribution is -0.0498. The zero-order valence-corrected chi connectivity index (χ0v) is 16.0. The van der Waals surface area contributed by atoms with Gasteiger partial charge in [-0.1, -0.05) is 12.1 Å². The molecule has 1 heterocycles. The molecule has 152 valence electrons. The van der Waals surface area contributed by atoms with Crippen LogP contribution < -0.4 is 10.1 Å². The lowest BCUT2D eigenvalue weighted by Crippen LogP contribution is -2.46. The Morgan fingerprint density at radius 1 is 1.30 bits per heavy atom. The van der Waals surface area contributed by atoms with Gasteiger partial charge in [0.25, 0.3) is 0 Å². The molecule has 0 saturated carbocycles. The molecule has 1 fully saturated rings. The first-order valence-corrected chi connectivity index (χ1v) is 9.22. The number of nitrogens with zero attached hydrogens (tertiary/aromatic N) is 2. The van der Waals surface area contributed by atoms with Crippen molar-refractivity contribution in [1.82, 2.24) is 10.2 Å². The van der Waals surface area contributed by atoms with Gasteiger partial charge in [-0.05, 0) is 37.0 Å². The van der Waals surface area contributed by atoms with Gasteiger partial charge in [0.1, 0.15) is 5.75 Å². The van der Waals surface area contributed by atoms with Crippen LogP contribution in [0.3, 0.4) is 0 Å². The maximum Gasteiger partial charge on any atom is 0.387 e. The number of piperidine rings is 1. The van der Waals surface area contributed by atoms with Gasteiger partial charge >= 0.3 is 6.61 Å². The highest BCUT2D eigenvalue weighted by molar-refractivity contribution is 5.80. The third kappa shape index (κ3) is 7.68. The average Bonchev–Trinajstić information content (AvgIpc) is 2.66. The summed E-state index contributed by atoms with van der Waals surface area (Å²) in [6, 6.07) is 6.68. The molecule has 1 saturated heterocycles. The Hall–Kier alpha value is -1.93. The van der Waals surface area contributed by atoms with Crippen molar-refractivity contribution >= 4 is 5.96 Å². The van der Waals surface area contributed by atoms with Gasteiger partial charge in [-0.25, -0.2) is 0 Å². The molecule has 2 rings (SSSR count). The van der Waals surface area contributed by atoms with E-state index in [1.807, 2.05) is 6.07 Å². The van der Waals surface area contributed by atoms with Crippen LogP contribution in [0.25, 0.3) is 0 Å². The topological polar surface area (TPSA) is 55.3 Å². The van der Waals surface area contributed by atoms with Crippen LogP contribution in [-0.4, -0.2) is 64.0 Å². The smallest absolute Gasteiger partial charge is 0.387 e. The Kier molecular flexibility index (Phi) is 9.27. The third-order valence-corrected chi connectivity index (χ3v) is 4.37. The summed E-state index contributed by atoms with van der Waals surface area (Å²) in [5, 5.41) is 3.29. The Bertz CT molecular complexity index is 579. The van der Waals surface area contributed by atoms with E-state index in [9.17, 15) is 8.78 Å². The molecule has 1 aromatic carbocycles. The van der Waals surface area contributed by atoms with Crippen molar-refractivity contribution in [1.29, 1.82) is 0 Å². The van der Waals surface area contributed by atoms with Crippen molar-refractivity contribution in [2.75, 3.05) is 40.5 Å². The van der Waals surface area contributed by atoms with E-state index >= 15 is 0 Å². The molecule has 0 radical (unpaired) electrons. The average molecular weight is 385 g/mol. The van der Waals surface area contributed by atoms with E-state index in [1.54, 1.807) is 26.3 Å². The van der Waals surface area contributed by atoms with Crippen molar-refractivity contribution in [3.63, 3.8) is 0 Å². The van der Waals surface area contributed by atoms with Crippen molar-refractivity contribution in [2.24, 2.45) is 4.99 Å². The van der Waals surface area contributed by atoms with Gasteiger partial charge in [0, 0.05) is 47.0 Å². The summed E-state index contributed by atoms with van der Waals surface area (Å²) in [6.07, 6.45) is 3.09. The fourth-order valence-corrected chi connectivity index (χ4v) is 3.03. The first kappa shape index (κ1) is 21.4. The van der Waals surface area contributed by atoms with Gasteiger partial charge in [-0.2, -0.15) is 8.78 Å². The van der Waals surface area contributed by atoms with Crippen LogP contribution >= 0.6 is 0 Å². The van der Waals surface area contributed by atoms with Crippen LogP contribution in [0.2, 0.25) is 0 Å². The summed E-state index contributed by atoms with van der Waals surface area (Å²) in [6.45, 7) is 0.841. The van der Waals surface area contributed by atoms with E-state index in [-0.39, 0.29) is 11.9 Å². The highest BCUT2D eigenvalue weighted by atomic mass is 19.3.